The van der Waals surface area contributed by atoms with Gasteiger partial charge in [0.05, 0.1) is 5.69 Å². The summed E-state index contributed by atoms with van der Waals surface area (Å²) in [6.07, 6.45) is 2.34. The molecule has 9 rings (SSSR count). The molecule has 0 aliphatic carbocycles. The molecule has 214 valence electrons. The highest BCUT2D eigenvalue weighted by Gasteiger charge is 2.20. The summed E-state index contributed by atoms with van der Waals surface area (Å²) >= 11 is 0. The van der Waals surface area contributed by atoms with Gasteiger partial charge in [0.25, 0.3) is 0 Å². The average Bonchev–Trinajstić information content (AvgIpc) is 3.12. The fourth-order valence-electron chi connectivity index (χ4n) is 7.44. The van der Waals surface area contributed by atoms with E-state index in [0.717, 1.165) is 24.3 Å². The summed E-state index contributed by atoms with van der Waals surface area (Å²) in [6, 6.07) is 57.8. The van der Waals surface area contributed by atoms with Crippen LogP contribution in [0, 0.1) is 0 Å². The molecule has 0 unspecified atom stereocenters. The van der Waals surface area contributed by atoms with Crippen LogP contribution in [-0.2, 0) is 6.42 Å². The van der Waals surface area contributed by atoms with E-state index in [2.05, 4.69) is 168 Å². The van der Waals surface area contributed by atoms with Crippen LogP contribution in [0.25, 0.3) is 43.4 Å². The second kappa shape index (κ2) is 10.5. The van der Waals surface area contributed by atoms with E-state index in [4.69, 9.17) is 0 Å². The van der Waals surface area contributed by atoms with Crippen molar-refractivity contribution in [2.75, 3.05) is 16.3 Å². The van der Waals surface area contributed by atoms with E-state index in [1.54, 1.807) is 0 Å². The third-order valence-electron chi connectivity index (χ3n) is 9.51. The van der Waals surface area contributed by atoms with Gasteiger partial charge >= 0.3 is 0 Å². The minimum atomic E-state index is 1.06. The highest BCUT2D eigenvalue weighted by Crippen LogP contribution is 2.45. The van der Waals surface area contributed by atoms with E-state index in [0.29, 0.717) is 0 Å². The lowest BCUT2D eigenvalue weighted by molar-refractivity contribution is 0.767. The summed E-state index contributed by atoms with van der Waals surface area (Å²) in [6.45, 7) is 1.06. The average molecular weight is 577 g/mol. The Morgan fingerprint density at radius 3 is 1.82 bits per heavy atom. The lowest BCUT2D eigenvalue weighted by Crippen LogP contribution is -2.24. The molecule has 8 aromatic rings. The first-order chi connectivity index (χ1) is 22.3. The summed E-state index contributed by atoms with van der Waals surface area (Å²) in [5.41, 5.74) is 10.0. The molecule has 0 bridgehead atoms. The number of rotatable bonds is 5. The van der Waals surface area contributed by atoms with Crippen LogP contribution in [0.5, 0.6) is 0 Å². The summed E-state index contributed by atoms with van der Waals surface area (Å²) in [5, 5.41) is 7.75. The molecule has 0 saturated carbocycles. The Labute approximate surface area is 263 Å². The first-order valence-corrected chi connectivity index (χ1v) is 15.9. The predicted molar refractivity (Wildman–Crippen MR) is 192 cm³/mol. The van der Waals surface area contributed by atoms with Gasteiger partial charge in [-0.2, -0.15) is 0 Å². The zero-order valence-electron chi connectivity index (χ0n) is 25.0. The van der Waals surface area contributed by atoms with E-state index in [-0.39, 0.29) is 0 Å². The van der Waals surface area contributed by atoms with Crippen molar-refractivity contribution in [1.29, 1.82) is 0 Å². The molecule has 45 heavy (non-hydrogen) atoms. The first-order valence-electron chi connectivity index (χ1n) is 15.9. The van der Waals surface area contributed by atoms with Gasteiger partial charge in [-0.25, -0.2) is 0 Å². The molecule has 0 atom stereocenters. The number of fused-ring (bicyclic) bond motifs is 1. The fraction of sp³-hybridized carbons (Fsp3) is 0.0698. The Morgan fingerprint density at radius 2 is 1.09 bits per heavy atom. The highest BCUT2D eigenvalue weighted by molar-refractivity contribution is 6.27. The van der Waals surface area contributed by atoms with Gasteiger partial charge in [-0.05, 0) is 105 Å². The monoisotopic (exact) mass is 576 g/mol. The second-order valence-electron chi connectivity index (χ2n) is 12.1. The molecule has 0 amide bonds. The molecule has 1 heterocycles. The number of para-hydroxylation sites is 3. The van der Waals surface area contributed by atoms with Crippen LogP contribution in [0.4, 0.5) is 28.4 Å². The minimum Gasteiger partial charge on any atom is -0.341 e. The zero-order valence-corrected chi connectivity index (χ0v) is 25.0. The summed E-state index contributed by atoms with van der Waals surface area (Å²) in [4.78, 5) is 4.85. The Balaban J connectivity index is 1.20. The maximum atomic E-state index is 2.47. The van der Waals surface area contributed by atoms with Gasteiger partial charge < -0.3 is 9.80 Å². The molecular formula is C43H32N2. The van der Waals surface area contributed by atoms with Gasteiger partial charge in [0.15, 0.2) is 0 Å². The van der Waals surface area contributed by atoms with Gasteiger partial charge in [0, 0.05) is 34.7 Å². The van der Waals surface area contributed by atoms with Gasteiger partial charge in [-0.15, -0.1) is 0 Å². The van der Waals surface area contributed by atoms with Crippen LogP contribution in [0.15, 0.2) is 158 Å². The van der Waals surface area contributed by atoms with Crippen molar-refractivity contribution < 1.29 is 0 Å². The quantitative estimate of drug-likeness (QED) is 0.188. The number of anilines is 5. The third-order valence-corrected chi connectivity index (χ3v) is 9.51. The van der Waals surface area contributed by atoms with Crippen LogP contribution < -0.4 is 9.80 Å². The summed E-state index contributed by atoms with van der Waals surface area (Å²) in [5.74, 6) is 0. The number of benzene rings is 8. The molecule has 0 spiro atoms. The maximum absolute atomic E-state index is 2.47. The van der Waals surface area contributed by atoms with E-state index in [9.17, 15) is 0 Å². The maximum Gasteiger partial charge on any atom is 0.0540 e. The normalized spacial score (nSPS) is 13.0. The molecular weight excluding hydrogens is 544 g/mol. The molecule has 8 aromatic carbocycles. The van der Waals surface area contributed by atoms with E-state index in [1.165, 1.54) is 72.5 Å². The number of hydrogen-bond donors (Lipinski definition) is 0. The largest absolute Gasteiger partial charge is 0.341 e. The van der Waals surface area contributed by atoms with Crippen molar-refractivity contribution in [2.24, 2.45) is 0 Å². The Hall–Kier alpha value is -5.60. The van der Waals surface area contributed by atoms with Gasteiger partial charge in [0.1, 0.15) is 0 Å². The van der Waals surface area contributed by atoms with E-state index < -0.39 is 0 Å². The standard InChI is InChI=1S/C43H32N2/c1-3-12-35(13-4-1)45(36-14-5-2-6-15-36)41-28-22-33-20-26-38-37(25-19-32-21-27-39(41)43(33)42(32)38)30-17-23-34(24-18-30)44-29-9-11-31-10-7-8-16-40(31)44/h1-8,10,12-28H,9,11,29H2. The lowest BCUT2D eigenvalue weighted by atomic mass is 9.89. The topological polar surface area (TPSA) is 6.48 Å². The summed E-state index contributed by atoms with van der Waals surface area (Å²) in [7, 11) is 0. The molecule has 0 radical (unpaired) electrons. The Kier molecular flexibility index (Phi) is 6.05. The van der Waals surface area contributed by atoms with Crippen molar-refractivity contribution >= 4 is 60.8 Å². The molecule has 0 fully saturated rings. The molecule has 1 aliphatic rings. The molecule has 1 aliphatic heterocycles. The van der Waals surface area contributed by atoms with Crippen molar-refractivity contribution in [3.8, 4) is 11.1 Å². The smallest absolute Gasteiger partial charge is 0.0540 e. The molecule has 0 aromatic heterocycles. The Bertz CT molecular complexity index is 2250. The second-order valence-corrected chi connectivity index (χ2v) is 12.1. The number of hydrogen-bond acceptors (Lipinski definition) is 2. The van der Waals surface area contributed by atoms with Crippen molar-refractivity contribution in [3.63, 3.8) is 0 Å². The van der Waals surface area contributed by atoms with Gasteiger partial charge in [-0.3, -0.25) is 0 Å². The van der Waals surface area contributed by atoms with Crippen molar-refractivity contribution in [2.45, 2.75) is 12.8 Å². The summed E-state index contributed by atoms with van der Waals surface area (Å²) < 4.78 is 0. The van der Waals surface area contributed by atoms with Crippen LogP contribution in [0.2, 0.25) is 0 Å². The molecule has 0 N–H and O–H groups in total. The molecule has 0 saturated heterocycles. The van der Waals surface area contributed by atoms with Crippen molar-refractivity contribution in [3.05, 3.63) is 163 Å². The number of aryl methyl sites for hydroxylation is 1. The molecule has 2 nitrogen and oxygen atoms in total. The Morgan fingerprint density at radius 1 is 0.489 bits per heavy atom. The fourth-order valence-corrected chi connectivity index (χ4v) is 7.44. The highest BCUT2D eigenvalue weighted by atomic mass is 15.1. The third kappa shape index (κ3) is 4.25. The minimum absolute atomic E-state index is 1.06. The number of nitrogens with zero attached hydrogens (tertiary/aromatic N) is 2. The van der Waals surface area contributed by atoms with Gasteiger partial charge in [0.2, 0.25) is 0 Å². The first kappa shape index (κ1) is 25.9. The van der Waals surface area contributed by atoms with Crippen LogP contribution in [0.1, 0.15) is 12.0 Å². The van der Waals surface area contributed by atoms with E-state index in [1.807, 2.05) is 0 Å². The zero-order chi connectivity index (χ0) is 29.7. The van der Waals surface area contributed by atoms with E-state index >= 15 is 0 Å². The predicted octanol–water partition coefficient (Wildman–Crippen LogP) is 11.8. The van der Waals surface area contributed by atoms with Crippen molar-refractivity contribution in [1.82, 2.24) is 0 Å². The lowest BCUT2D eigenvalue weighted by Gasteiger charge is -2.31. The SMILES string of the molecule is c1ccc(N(c2ccccc2)c2ccc3ccc4c(-c5ccc(N6CCCc7ccccc76)cc5)ccc5ccc2c3c54)cc1. The van der Waals surface area contributed by atoms with Crippen LogP contribution in [-0.4, -0.2) is 6.54 Å². The van der Waals surface area contributed by atoms with Gasteiger partial charge in [-0.1, -0.05) is 109 Å². The van der Waals surface area contributed by atoms with Crippen LogP contribution in [0.3, 0.4) is 0 Å². The van der Waals surface area contributed by atoms with Crippen LogP contribution >= 0.6 is 0 Å². The molecule has 2 heteroatoms.